The van der Waals surface area contributed by atoms with Crippen LogP contribution in [0.25, 0.3) is 0 Å². The topological polar surface area (TPSA) is 71.2 Å². The third-order valence-electron chi connectivity index (χ3n) is 2.39. The van der Waals surface area contributed by atoms with Gasteiger partial charge in [-0.15, -0.1) is 0 Å². The van der Waals surface area contributed by atoms with Crippen molar-refractivity contribution in [1.29, 1.82) is 0 Å². The molecule has 1 aromatic heterocycles. The molecule has 1 amide bonds. The molecule has 0 saturated heterocycles. The molecule has 1 heterocycles. The van der Waals surface area contributed by atoms with Crippen LogP contribution in [0.4, 0.5) is 24.1 Å². The molecule has 1 rings (SSSR count). The van der Waals surface area contributed by atoms with E-state index in [1.54, 1.807) is 0 Å². The summed E-state index contributed by atoms with van der Waals surface area (Å²) in [5, 5.41) is 3.02. The SMILES string of the molecule is CCCN(C)c1nc(N)c(C(=O)NCCSC(F)(F)F)s1. The molecule has 0 saturated carbocycles. The van der Waals surface area contributed by atoms with Crippen LogP contribution in [0, 0.1) is 0 Å². The molecule has 0 aliphatic heterocycles. The molecule has 0 aliphatic rings. The lowest BCUT2D eigenvalue weighted by Crippen LogP contribution is -2.26. The van der Waals surface area contributed by atoms with Crippen molar-refractivity contribution >= 4 is 40.0 Å². The van der Waals surface area contributed by atoms with E-state index < -0.39 is 11.4 Å². The fourth-order valence-electron chi connectivity index (χ4n) is 1.49. The lowest BCUT2D eigenvalue weighted by Gasteiger charge is -2.13. The number of rotatable bonds is 7. The number of amides is 1. The van der Waals surface area contributed by atoms with Gasteiger partial charge in [0, 0.05) is 25.9 Å². The van der Waals surface area contributed by atoms with Crippen molar-refractivity contribution in [2.45, 2.75) is 18.9 Å². The van der Waals surface area contributed by atoms with E-state index in [4.69, 9.17) is 5.73 Å². The number of carbonyl (C=O) groups is 1. The van der Waals surface area contributed by atoms with E-state index in [9.17, 15) is 18.0 Å². The second kappa shape index (κ2) is 7.74. The Morgan fingerprint density at radius 2 is 2.19 bits per heavy atom. The van der Waals surface area contributed by atoms with Crippen LogP contribution in [0.5, 0.6) is 0 Å². The molecule has 10 heteroatoms. The number of thioether (sulfide) groups is 1. The van der Waals surface area contributed by atoms with Gasteiger partial charge in [0.05, 0.1) is 0 Å². The minimum atomic E-state index is -4.29. The Bertz CT molecular complexity index is 479. The molecule has 0 spiro atoms. The number of nitrogens with zero attached hydrogens (tertiary/aromatic N) is 2. The number of nitrogens with two attached hydrogens (primary N) is 1. The smallest absolute Gasteiger partial charge is 0.382 e. The second-order valence-electron chi connectivity index (χ2n) is 4.18. The average Bonchev–Trinajstić information content (AvgIpc) is 2.76. The van der Waals surface area contributed by atoms with Crippen molar-refractivity contribution in [3.8, 4) is 0 Å². The van der Waals surface area contributed by atoms with E-state index in [0.29, 0.717) is 5.13 Å². The zero-order chi connectivity index (χ0) is 16.0. The van der Waals surface area contributed by atoms with Gasteiger partial charge in [-0.25, -0.2) is 4.98 Å². The maximum absolute atomic E-state index is 11.9. The van der Waals surface area contributed by atoms with Crippen LogP contribution in [0.15, 0.2) is 0 Å². The van der Waals surface area contributed by atoms with Crippen LogP contribution in [0.1, 0.15) is 23.0 Å². The first-order chi connectivity index (χ1) is 9.74. The van der Waals surface area contributed by atoms with Crippen molar-refractivity contribution in [2.75, 3.05) is 36.5 Å². The fourth-order valence-corrected chi connectivity index (χ4v) is 2.81. The minimum absolute atomic E-state index is 0.0829. The molecule has 0 atom stereocenters. The van der Waals surface area contributed by atoms with Gasteiger partial charge in [-0.1, -0.05) is 18.3 Å². The first-order valence-electron chi connectivity index (χ1n) is 6.21. The van der Waals surface area contributed by atoms with Crippen LogP contribution in [-0.2, 0) is 0 Å². The molecule has 120 valence electrons. The number of nitrogen functional groups attached to an aromatic ring is 1. The Morgan fingerprint density at radius 3 is 2.76 bits per heavy atom. The Kier molecular flexibility index (Phi) is 6.59. The molecule has 0 radical (unpaired) electrons. The predicted octanol–water partition coefficient (Wildman–Crippen LogP) is 2.55. The number of carbonyl (C=O) groups excluding carboxylic acids is 1. The van der Waals surface area contributed by atoms with Gasteiger partial charge < -0.3 is 16.0 Å². The maximum Gasteiger partial charge on any atom is 0.441 e. The molecule has 0 aromatic carbocycles. The number of nitrogens with one attached hydrogen (secondary N) is 1. The number of hydrogen-bond donors (Lipinski definition) is 2. The molecule has 5 nitrogen and oxygen atoms in total. The summed E-state index contributed by atoms with van der Waals surface area (Å²) in [6.45, 7) is 2.70. The summed E-state index contributed by atoms with van der Waals surface area (Å²) in [6, 6.07) is 0. The van der Waals surface area contributed by atoms with Gasteiger partial charge in [-0.05, 0) is 18.2 Å². The minimum Gasteiger partial charge on any atom is -0.382 e. The fraction of sp³-hybridized carbons (Fsp3) is 0.636. The van der Waals surface area contributed by atoms with Gasteiger partial charge in [-0.2, -0.15) is 13.2 Å². The van der Waals surface area contributed by atoms with Crippen molar-refractivity contribution in [1.82, 2.24) is 10.3 Å². The van der Waals surface area contributed by atoms with E-state index in [1.165, 1.54) is 0 Å². The van der Waals surface area contributed by atoms with Crippen LogP contribution in [0.3, 0.4) is 0 Å². The monoisotopic (exact) mass is 342 g/mol. The average molecular weight is 342 g/mol. The van der Waals surface area contributed by atoms with Gasteiger partial charge in [0.1, 0.15) is 10.7 Å². The zero-order valence-corrected chi connectivity index (χ0v) is 13.3. The number of thiazole rings is 1. The molecule has 0 unspecified atom stereocenters. The summed E-state index contributed by atoms with van der Waals surface area (Å²) in [6.07, 6.45) is 0.923. The van der Waals surface area contributed by atoms with Gasteiger partial charge in [-0.3, -0.25) is 4.79 Å². The molecule has 1 aromatic rings. The number of aromatic nitrogens is 1. The predicted molar refractivity (Wildman–Crippen MR) is 80.9 cm³/mol. The maximum atomic E-state index is 11.9. The number of alkyl halides is 3. The first kappa shape index (κ1) is 17.9. The highest BCUT2D eigenvalue weighted by atomic mass is 32.2. The normalized spacial score (nSPS) is 11.5. The van der Waals surface area contributed by atoms with Crippen LogP contribution >= 0.6 is 23.1 Å². The quantitative estimate of drug-likeness (QED) is 0.745. The number of halogens is 3. The van der Waals surface area contributed by atoms with Crippen molar-refractivity contribution in [2.24, 2.45) is 0 Å². The summed E-state index contributed by atoms with van der Waals surface area (Å²) < 4.78 is 35.8. The molecular weight excluding hydrogens is 325 g/mol. The highest BCUT2D eigenvalue weighted by molar-refractivity contribution is 8.00. The van der Waals surface area contributed by atoms with Crippen molar-refractivity contribution in [3.63, 3.8) is 0 Å². The van der Waals surface area contributed by atoms with Gasteiger partial charge in [0.25, 0.3) is 5.91 Å². The molecule has 21 heavy (non-hydrogen) atoms. The lowest BCUT2D eigenvalue weighted by atomic mass is 10.4. The molecule has 0 bridgehead atoms. The Hall–Kier alpha value is -1.16. The summed E-state index contributed by atoms with van der Waals surface area (Å²) >= 11 is 0.953. The van der Waals surface area contributed by atoms with E-state index in [2.05, 4.69) is 10.3 Å². The Balaban J connectivity index is 2.54. The largest absolute Gasteiger partial charge is 0.441 e. The highest BCUT2D eigenvalue weighted by Gasteiger charge is 2.27. The summed E-state index contributed by atoms with van der Waals surface area (Å²) in [4.78, 5) is 18.0. The summed E-state index contributed by atoms with van der Waals surface area (Å²) in [5.74, 6) is -0.640. The molecular formula is C11H17F3N4OS2. The standard InChI is InChI=1S/C11H17F3N4OS2/c1-3-5-18(2)10-17-8(15)7(21-10)9(19)16-4-6-20-11(12,13)14/h3-6,15H2,1-2H3,(H,16,19). The van der Waals surface area contributed by atoms with Crippen LogP contribution in [0.2, 0.25) is 0 Å². The second-order valence-corrected chi connectivity index (χ2v) is 6.32. The zero-order valence-electron chi connectivity index (χ0n) is 11.7. The number of hydrogen-bond acceptors (Lipinski definition) is 6. The van der Waals surface area contributed by atoms with Crippen LogP contribution in [-0.4, -0.2) is 42.3 Å². The van der Waals surface area contributed by atoms with E-state index >= 15 is 0 Å². The molecule has 3 N–H and O–H groups in total. The van der Waals surface area contributed by atoms with E-state index in [0.717, 1.165) is 24.3 Å². The highest BCUT2D eigenvalue weighted by Crippen LogP contribution is 2.30. The van der Waals surface area contributed by atoms with Gasteiger partial charge in [0.15, 0.2) is 5.13 Å². The van der Waals surface area contributed by atoms with Gasteiger partial charge in [0.2, 0.25) is 0 Å². The van der Waals surface area contributed by atoms with Gasteiger partial charge >= 0.3 is 5.51 Å². The van der Waals surface area contributed by atoms with Crippen molar-refractivity contribution < 1.29 is 18.0 Å². The van der Waals surface area contributed by atoms with Crippen LogP contribution < -0.4 is 16.0 Å². The molecule has 0 aliphatic carbocycles. The first-order valence-corrected chi connectivity index (χ1v) is 8.01. The molecule has 0 fully saturated rings. The summed E-state index contributed by atoms with van der Waals surface area (Å²) in [7, 11) is 1.84. The van der Waals surface area contributed by atoms with E-state index in [-0.39, 0.29) is 34.8 Å². The Labute approximate surface area is 129 Å². The third-order valence-corrected chi connectivity index (χ3v) is 4.31. The third kappa shape index (κ3) is 6.00. The lowest BCUT2D eigenvalue weighted by molar-refractivity contribution is -0.0327. The summed E-state index contributed by atoms with van der Waals surface area (Å²) in [5.41, 5.74) is 1.39. The van der Waals surface area contributed by atoms with E-state index in [1.807, 2.05) is 18.9 Å². The Morgan fingerprint density at radius 1 is 1.52 bits per heavy atom. The van der Waals surface area contributed by atoms with Crippen molar-refractivity contribution in [3.05, 3.63) is 4.88 Å². The number of anilines is 2.